The first kappa shape index (κ1) is 17.9. The first-order valence-electron chi connectivity index (χ1n) is 9.97. The normalized spacial score (nSPS) is 19.0. The number of anilines is 1. The SMILES string of the molecule is NC(=O)c1ccc(-c2cnc3c(NCC4CCCO4)nccn23)c(C2CC2)c1O. The summed E-state index contributed by atoms with van der Waals surface area (Å²) in [5.74, 6) is 0.283. The number of nitrogens with two attached hydrogens (primary N) is 1. The average Bonchev–Trinajstić information content (AvgIpc) is 3.24. The Kier molecular flexibility index (Phi) is 4.35. The molecular weight excluding hydrogens is 370 g/mol. The molecule has 0 bridgehead atoms. The summed E-state index contributed by atoms with van der Waals surface area (Å²) in [6.45, 7) is 1.50. The number of rotatable bonds is 6. The average molecular weight is 393 g/mol. The third kappa shape index (κ3) is 3.19. The van der Waals surface area contributed by atoms with Crippen molar-refractivity contribution in [3.63, 3.8) is 0 Å². The first-order valence-corrected chi connectivity index (χ1v) is 9.97. The smallest absolute Gasteiger partial charge is 0.252 e. The minimum atomic E-state index is -0.626. The standard InChI is InChI=1S/C21H23N5O3/c22-19(28)15-6-5-14(17(18(15)27)12-3-4-12)16-11-25-21-20(23-7-8-26(16)21)24-10-13-2-1-9-29-13/h5-8,11-13,27H,1-4,9-10H2,(H2,22,28)(H,23,24). The van der Waals surface area contributed by atoms with Crippen molar-refractivity contribution in [1.82, 2.24) is 14.4 Å². The van der Waals surface area contributed by atoms with Crippen LogP contribution < -0.4 is 11.1 Å². The number of carbonyl (C=O) groups excluding carboxylic acids is 1. The monoisotopic (exact) mass is 393 g/mol. The van der Waals surface area contributed by atoms with Crippen LogP contribution in [0.15, 0.2) is 30.7 Å². The lowest BCUT2D eigenvalue weighted by molar-refractivity contribution is 0.0997. The summed E-state index contributed by atoms with van der Waals surface area (Å²) in [6, 6.07) is 3.42. The molecule has 5 rings (SSSR count). The zero-order valence-corrected chi connectivity index (χ0v) is 16.0. The lowest BCUT2D eigenvalue weighted by atomic mass is 9.96. The van der Waals surface area contributed by atoms with Crippen molar-refractivity contribution >= 4 is 17.4 Å². The van der Waals surface area contributed by atoms with E-state index < -0.39 is 5.91 Å². The van der Waals surface area contributed by atoms with Gasteiger partial charge in [0.15, 0.2) is 11.5 Å². The van der Waals surface area contributed by atoms with E-state index in [4.69, 9.17) is 10.5 Å². The molecule has 1 atom stereocenters. The Hall–Kier alpha value is -3.13. The Bertz CT molecular complexity index is 1080. The molecule has 29 heavy (non-hydrogen) atoms. The van der Waals surface area contributed by atoms with Gasteiger partial charge in [0.05, 0.1) is 23.6 Å². The van der Waals surface area contributed by atoms with Crippen molar-refractivity contribution in [2.24, 2.45) is 5.73 Å². The van der Waals surface area contributed by atoms with Gasteiger partial charge in [-0.25, -0.2) is 9.97 Å². The van der Waals surface area contributed by atoms with E-state index in [9.17, 15) is 9.90 Å². The number of carbonyl (C=O) groups is 1. The molecule has 4 N–H and O–H groups in total. The van der Waals surface area contributed by atoms with E-state index in [1.54, 1.807) is 18.5 Å². The molecule has 1 saturated carbocycles. The van der Waals surface area contributed by atoms with Gasteiger partial charge in [-0.2, -0.15) is 0 Å². The molecule has 0 spiro atoms. The number of aromatic nitrogens is 3. The second kappa shape index (κ2) is 7.04. The van der Waals surface area contributed by atoms with Crippen LogP contribution in [0.25, 0.3) is 16.9 Å². The van der Waals surface area contributed by atoms with Crippen LogP contribution in [0.1, 0.15) is 47.5 Å². The van der Waals surface area contributed by atoms with Crippen LogP contribution >= 0.6 is 0 Å². The van der Waals surface area contributed by atoms with Gasteiger partial charge in [-0.05, 0) is 37.7 Å². The molecule has 3 heterocycles. The molecular formula is C21H23N5O3. The zero-order valence-electron chi connectivity index (χ0n) is 16.0. The third-order valence-corrected chi connectivity index (χ3v) is 5.69. The minimum Gasteiger partial charge on any atom is -0.507 e. The zero-order chi connectivity index (χ0) is 20.0. The van der Waals surface area contributed by atoms with Gasteiger partial charge in [0.2, 0.25) is 0 Å². The van der Waals surface area contributed by atoms with E-state index in [-0.39, 0.29) is 23.3 Å². The van der Waals surface area contributed by atoms with E-state index in [2.05, 4.69) is 15.3 Å². The van der Waals surface area contributed by atoms with Gasteiger partial charge in [-0.3, -0.25) is 9.20 Å². The summed E-state index contributed by atoms with van der Waals surface area (Å²) >= 11 is 0. The summed E-state index contributed by atoms with van der Waals surface area (Å²) in [6.07, 6.45) is 9.66. The van der Waals surface area contributed by atoms with Crippen LogP contribution in [-0.2, 0) is 4.74 Å². The molecule has 1 aromatic carbocycles. The van der Waals surface area contributed by atoms with Crippen molar-refractivity contribution in [1.29, 1.82) is 0 Å². The predicted molar refractivity (Wildman–Crippen MR) is 108 cm³/mol. The quantitative estimate of drug-likeness (QED) is 0.593. The number of nitrogens with one attached hydrogen (secondary N) is 1. The molecule has 3 aromatic rings. The highest BCUT2D eigenvalue weighted by Crippen LogP contribution is 2.49. The first-order chi connectivity index (χ1) is 14.1. The van der Waals surface area contributed by atoms with Crippen LogP contribution in [-0.4, -0.2) is 44.6 Å². The highest BCUT2D eigenvalue weighted by atomic mass is 16.5. The van der Waals surface area contributed by atoms with Crippen LogP contribution in [0, 0.1) is 0 Å². The fraction of sp³-hybridized carbons (Fsp3) is 0.381. The van der Waals surface area contributed by atoms with E-state index in [1.807, 2.05) is 16.7 Å². The highest BCUT2D eigenvalue weighted by molar-refractivity contribution is 5.97. The molecule has 1 aliphatic heterocycles. The number of benzene rings is 1. The van der Waals surface area contributed by atoms with Crippen LogP contribution in [0.2, 0.25) is 0 Å². The maximum Gasteiger partial charge on any atom is 0.252 e. The number of hydrogen-bond donors (Lipinski definition) is 3. The van der Waals surface area contributed by atoms with E-state index in [1.165, 1.54) is 0 Å². The fourth-order valence-electron chi connectivity index (χ4n) is 4.07. The van der Waals surface area contributed by atoms with Crippen molar-refractivity contribution in [3.05, 3.63) is 41.9 Å². The van der Waals surface area contributed by atoms with Gasteiger partial charge in [0.1, 0.15) is 5.75 Å². The number of aromatic hydroxyl groups is 1. The number of nitrogens with zero attached hydrogens (tertiary/aromatic N) is 3. The second-order valence-electron chi connectivity index (χ2n) is 7.69. The molecule has 0 radical (unpaired) electrons. The Labute approximate surface area is 167 Å². The van der Waals surface area contributed by atoms with Gasteiger partial charge < -0.3 is 20.9 Å². The van der Waals surface area contributed by atoms with E-state index in [0.717, 1.165) is 49.1 Å². The summed E-state index contributed by atoms with van der Waals surface area (Å²) in [5.41, 5.74) is 8.77. The van der Waals surface area contributed by atoms with Gasteiger partial charge in [0, 0.05) is 36.7 Å². The van der Waals surface area contributed by atoms with Gasteiger partial charge in [-0.1, -0.05) is 6.07 Å². The number of hydrogen-bond acceptors (Lipinski definition) is 6. The highest BCUT2D eigenvalue weighted by Gasteiger charge is 2.32. The van der Waals surface area contributed by atoms with Crippen LogP contribution in [0.4, 0.5) is 5.82 Å². The fourth-order valence-corrected chi connectivity index (χ4v) is 4.07. The molecule has 2 fully saturated rings. The molecule has 2 aliphatic rings. The van der Waals surface area contributed by atoms with E-state index >= 15 is 0 Å². The molecule has 1 amide bonds. The van der Waals surface area contributed by atoms with Crippen molar-refractivity contribution < 1.29 is 14.6 Å². The van der Waals surface area contributed by atoms with Gasteiger partial charge >= 0.3 is 0 Å². The molecule has 2 aromatic heterocycles. The summed E-state index contributed by atoms with van der Waals surface area (Å²) in [5, 5.41) is 14.1. The van der Waals surface area contributed by atoms with Gasteiger partial charge in [-0.15, -0.1) is 0 Å². The predicted octanol–water partition coefficient (Wildman–Crippen LogP) is 2.67. The Balaban J connectivity index is 1.55. The van der Waals surface area contributed by atoms with Gasteiger partial charge in [0.25, 0.3) is 5.91 Å². The number of primary amides is 1. The summed E-state index contributed by atoms with van der Waals surface area (Å²) in [7, 11) is 0. The Morgan fingerprint density at radius 2 is 2.17 bits per heavy atom. The number of imidazole rings is 1. The number of fused-ring (bicyclic) bond motifs is 1. The Morgan fingerprint density at radius 3 is 2.90 bits per heavy atom. The molecule has 8 nitrogen and oxygen atoms in total. The van der Waals surface area contributed by atoms with Crippen LogP contribution in [0.3, 0.4) is 0 Å². The van der Waals surface area contributed by atoms with Crippen LogP contribution in [0.5, 0.6) is 5.75 Å². The lowest BCUT2D eigenvalue weighted by Gasteiger charge is -2.14. The minimum absolute atomic E-state index is 0.0155. The lowest BCUT2D eigenvalue weighted by Crippen LogP contribution is -2.19. The Morgan fingerprint density at radius 1 is 1.31 bits per heavy atom. The van der Waals surface area contributed by atoms with E-state index in [0.29, 0.717) is 18.0 Å². The third-order valence-electron chi connectivity index (χ3n) is 5.69. The second-order valence-corrected chi connectivity index (χ2v) is 7.69. The number of phenols is 1. The van der Waals surface area contributed by atoms with Crippen molar-refractivity contribution in [2.75, 3.05) is 18.5 Å². The topological polar surface area (TPSA) is 115 Å². The molecule has 150 valence electrons. The number of amides is 1. The largest absolute Gasteiger partial charge is 0.507 e. The molecule has 8 heteroatoms. The number of ether oxygens (including phenoxy) is 1. The maximum absolute atomic E-state index is 11.7. The molecule has 1 saturated heterocycles. The summed E-state index contributed by atoms with van der Waals surface area (Å²) in [4.78, 5) is 20.7. The maximum atomic E-state index is 11.7. The van der Waals surface area contributed by atoms with Crippen molar-refractivity contribution in [3.8, 4) is 17.0 Å². The molecule has 1 unspecified atom stereocenters. The van der Waals surface area contributed by atoms with Crippen molar-refractivity contribution in [2.45, 2.75) is 37.7 Å². The molecule has 1 aliphatic carbocycles. The summed E-state index contributed by atoms with van der Waals surface area (Å²) < 4.78 is 7.62.